The number of para-hydroxylation sites is 1. The molecule has 2 heterocycles. The quantitative estimate of drug-likeness (QED) is 0.232. The molecule has 0 spiro atoms. The van der Waals surface area contributed by atoms with Crippen LogP contribution in [0.1, 0.15) is 18.1 Å². The Morgan fingerprint density at radius 1 is 1.12 bits per heavy atom. The Balaban J connectivity index is 0.00000208. The standard InChI is InChI=1S/C17H13N3O3.Ni/c1-11(19-20-16(21)12-6-8-18-9-7-12)14-10-13-4-2-3-5-15(13)23-17(14)22;/h2-10H,1H3,(H,20,21);/q;+2/p-1/b19-11+;. The fraction of sp³-hybridized carbons (Fsp3) is 0.0588. The molecule has 0 saturated carbocycles. The van der Waals surface area contributed by atoms with Crippen LogP contribution in [-0.2, 0) is 16.5 Å². The minimum absolute atomic E-state index is 0. The first kappa shape index (κ1) is 17.6. The fourth-order valence-electron chi connectivity index (χ4n) is 2.04. The summed E-state index contributed by atoms with van der Waals surface area (Å²) in [7, 11) is 0. The topological polar surface area (TPSA) is 90.9 Å². The molecule has 24 heavy (non-hydrogen) atoms. The predicted octanol–water partition coefficient (Wildman–Crippen LogP) is 1.72. The Labute approximate surface area is 147 Å². The fourth-order valence-corrected chi connectivity index (χ4v) is 2.04. The number of hydrogen-bond acceptors (Lipinski definition) is 6. The summed E-state index contributed by atoms with van der Waals surface area (Å²) in [6.07, 6.45) is 2.99. The molecule has 0 aliphatic heterocycles. The van der Waals surface area contributed by atoms with Crippen LogP contribution in [0.5, 0.6) is 0 Å². The first-order chi connectivity index (χ1) is 11.1. The Bertz CT molecular complexity index is 965. The average molecular weight is 365 g/mol. The van der Waals surface area contributed by atoms with Gasteiger partial charge in [0.1, 0.15) is 5.58 Å². The number of aromatic nitrogens is 1. The van der Waals surface area contributed by atoms with Crippen molar-refractivity contribution in [1.29, 1.82) is 0 Å². The molecule has 6 nitrogen and oxygen atoms in total. The molecule has 3 rings (SSSR count). The number of nitrogens with zero attached hydrogens (tertiary/aromatic N) is 3. The summed E-state index contributed by atoms with van der Waals surface area (Å²) in [5.41, 5.74) is 0.944. The van der Waals surface area contributed by atoms with E-state index in [1.807, 2.05) is 12.1 Å². The van der Waals surface area contributed by atoms with Gasteiger partial charge in [-0.15, -0.1) is 0 Å². The summed E-state index contributed by atoms with van der Waals surface area (Å²) >= 11 is 0. The molecule has 0 bridgehead atoms. The van der Waals surface area contributed by atoms with Crippen molar-refractivity contribution < 1.29 is 26.0 Å². The number of rotatable bonds is 3. The number of benzene rings is 1. The predicted molar refractivity (Wildman–Crippen MR) is 85.5 cm³/mol. The van der Waals surface area contributed by atoms with Crippen molar-refractivity contribution >= 4 is 22.6 Å². The van der Waals surface area contributed by atoms with E-state index in [1.54, 1.807) is 37.3 Å². The van der Waals surface area contributed by atoms with Crippen LogP contribution in [0, 0.1) is 0 Å². The van der Waals surface area contributed by atoms with Crippen molar-refractivity contribution in [2.24, 2.45) is 10.2 Å². The van der Waals surface area contributed by atoms with Crippen LogP contribution in [0.15, 0.2) is 74.3 Å². The van der Waals surface area contributed by atoms with Crippen LogP contribution >= 0.6 is 0 Å². The maximum atomic E-state index is 12.0. The minimum Gasteiger partial charge on any atom is -0.857 e. The maximum Gasteiger partial charge on any atom is 2.00 e. The van der Waals surface area contributed by atoms with Gasteiger partial charge in [0.15, 0.2) is 0 Å². The summed E-state index contributed by atoms with van der Waals surface area (Å²) in [5, 5.41) is 20.1. The van der Waals surface area contributed by atoms with Crippen LogP contribution in [-0.4, -0.2) is 16.6 Å². The second kappa shape index (κ2) is 7.66. The first-order valence-corrected chi connectivity index (χ1v) is 6.88. The second-order valence-electron chi connectivity index (χ2n) is 4.81. The first-order valence-electron chi connectivity index (χ1n) is 6.88. The van der Waals surface area contributed by atoms with Crippen LogP contribution < -0.4 is 10.7 Å². The molecule has 0 fully saturated rings. The van der Waals surface area contributed by atoms with Crippen molar-refractivity contribution in [3.63, 3.8) is 0 Å². The molecule has 3 aromatic rings. The molecule has 0 radical (unpaired) electrons. The van der Waals surface area contributed by atoms with E-state index >= 15 is 0 Å². The summed E-state index contributed by atoms with van der Waals surface area (Å²) in [5.74, 6) is -0.503. The van der Waals surface area contributed by atoms with Crippen LogP contribution in [0.3, 0.4) is 0 Å². The molecule has 7 heteroatoms. The normalized spacial score (nSPS) is 12.0. The zero-order valence-corrected chi connectivity index (χ0v) is 13.6. The minimum atomic E-state index is -0.517. The molecule has 0 N–H and O–H groups in total. The van der Waals surface area contributed by atoms with Crippen molar-refractivity contribution in [3.8, 4) is 0 Å². The van der Waals surface area contributed by atoms with Gasteiger partial charge in [0.2, 0.25) is 0 Å². The molecule has 0 saturated heterocycles. The van der Waals surface area contributed by atoms with E-state index < -0.39 is 11.5 Å². The Morgan fingerprint density at radius 2 is 1.83 bits per heavy atom. The molecular formula is C17H12N3NiO3+. The zero-order valence-electron chi connectivity index (χ0n) is 12.6. The average Bonchev–Trinajstić information content (AvgIpc) is 2.59. The third-order valence-corrected chi connectivity index (χ3v) is 3.25. The van der Waals surface area contributed by atoms with E-state index in [-0.39, 0.29) is 22.1 Å². The van der Waals surface area contributed by atoms with Gasteiger partial charge in [0.25, 0.3) is 0 Å². The molecule has 0 aliphatic rings. The van der Waals surface area contributed by atoms with E-state index in [1.165, 1.54) is 12.4 Å². The molecule has 0 atom stereocenters. The third kappa shape index (κ3) is 3.75. The summed E-state index contributed by atoms with van der Waals surface area (Å²) < 4.78 is 5.23. The Kier molecular flexibility index (Phi) is 5.61. The van der Waals surface area contributed by atoms with Crippen molar-refractivity contribution in [1.82, 2.24) is 4.98 Å². The SMILES string of the molecule is C/C(=N\N=C(/[O-])c1ccncc1)c1cc2ccccc2oc1=O.[Ni+2]. The number of fused-ring (bicyclic) bond motifs is 1. The van der Waals surface area contributed by atoms with Gasteiger partial charge in [-0.1, -0.05) is 18.2 Å². The molecule has 122 valence electrons. The summed E-state index contributed by atoms with van der Waals surface area (Å²) in [6.45, 7) is 1.60. The van der Waals surface area contributed by atoms with Crippen molar-refractivity contribution in [2.75, 3.05) is 0 Å². The Hall–Kier alpha value is -2.79. The third-order valence-electron chi connectivity index (χ3n) is 3.25. The van der Waals surface area contributed by atoms with Crippen molar-refractivity contribution in [2.45, 2.75) is 6.92 Å². The number of pyridine rings is 1. The molecule has 0 aliphatic carbocycles. The van der Waals surface area contributed by atoms with Crippen molar-refractivity contribution in [3.05, 3.63) is 76.4 Å². The van der Waals surface area contributed by atoms with E-state index in [2.05, 4.69) is 15.2 Å². The van der Waals surface area contributed by atoms with Gasteiger partial charge < -0.3 is 9.52 Å². The van der Waals surface area contributed by atoms with Gasteiger partial charge in [0, 0.05) is 23.7 Å². The van der Waals surface area contributed by atoms with Gasteiger partial charge in [-0.2, -0.15) is 10.2 Å². The van der Waals surface area contributed by atoms with Gasteiger partial charge in [-0.25, -0.2) is 4.79 Å². The molecule has 2 aromatic heterocycles. The van der Waals surface area contributed by atoms with Gasteiger partial charge in [-0.05, 0) is 36.8 Å². The largest absolute Gasteiger partial charge is 2.00 e. The van der Waals surface area contributed by atoms with Gasteiger partial charge >= 0.3 is 22.1 Å². The smallest absolute Gasteiger partial charge is 0.857 e. The Morgan fingerprint density at radius 3 is 2.58 bits per heavy atom. The molecule has 0 amide bonds. The van der Waals surface area contributed by atoms with Gasteiger partial charge in [-0.3, -0.25) is 4.98 Å². The van der Waals surface area contributed by atoms with E-state index in [9.17, 15) is 9.90 Å². The van der Waals surface area contributed by atoms with Crippen LogP contribution in [0.4, 0.5) is 0 Å². The molecule has 0 unspecified atom stereocenters. The second-order valence-corrected chi connectivity index (χ2v) is 4.81. The van der Waals surface area contributed by atoms with E-state index in [0.717, 1.165) is 5.39 Å². The monoisotopic (exact) mass is 364 g/mol. The van der Waals surface area contributed by atoms with E-state index in [4.69, 9.17) is 4.42 Å². The number of hydrogen-bond donors (Lipinski definition) is 0. The van der Waals surface area contributed by atoms with Crippen LogP contribution in [0.25, 0.3) is 11.0 Å². The summed E-state index contributed by atoms with van der Waals surface area (Å²) in [6, 6.07) is 11.9. The maximum absolute atomic E-state index is 12.0. The molecular weight excluding hydrogens is 353 g/mol. The van der Waals surface area contributed by atoms with Gasteiger partial charge in [0.05, 0.1) is 11.3 Å². The molecule has 1 aromatic carbocycles. The van der Waals surface area contributed by atoms with Crippen LogP contribution in [0.2, 0.25) is 0 Å². The van der Waals surface area contributed by atoms with E-state index in [0.29, 0.717) is 16.9 Å². The summed E-state index contributed by atoms with van der Waals surface area (Å²) in [4.78, 5) is 15.8. The zero-order chi connectivity index (χ0) is 16.2.